The molecule has 8 heteroatoms. The lowest BCUT2D eigenvalue weighted by Crippen LogP contribution is -2.05. The van der Waals surface area contributed by atoms with Crippen LogP contribution in [-0.4, -0.2) is 20.9 Å². The molecule has 0 aliphatic rings. The molecule has 1 rings (SSSR count). The van der Waals surface area contributed by atoms with Gasteiger partial charge in [0.2, 0.25) is 0 Å². The van der Waals surface area contributed by atoms with Crippen molar-refractivity contribution in [3.8, 4) is 0 Å². The van der Waals surface area contributed by atoms with Gasteiger partial charge in [0.25, 0.3) is 0 Å². The molecule has 0 saturated carbocycles. The van der Waals surface area contributed by atoms with Crippen molar-refractivity contribution in [1.82, 2.24) is 9.19 Å². The number of nitrogens with two attached hydrogens (primary N) is 1. The van der Waals surface area contributed by atoms with Crippen LogP contribution in [0.3, 0.4) is 0 Å². The molecule has 1 heterocycles. The zero-order valence-corrected chi connectivity index (χ0v) is 7.01. The third-order valence-electron chi connectivity index (χ3n) is 0.991. The van der Waals surface area contributed by atoms with Crippen molar-refractivity contribution < 1.29 is 13.2 Å². The molecule has 0 amide bonds. The predicted octanol–water partition coefficient (Wildman–Crippen LogP) is 1.19. The molecule has 1 aromatic heterocycles. The molecule has 1 aromatic rings. The van der Waals surface area contributed by atoms with E-state index < -0.39 is 5.51 Å². The largest absolute Gasteiger partial charge is 0.463 e. The van der Waals surface area contributed by atoms with E-state index in [-0.39, 0.29) is 17.6 Å². The molecule has 0 fully saturated rings. The van der Waals surface area contributed by atoms with Crippen LogP contribution >= 0.6 is 11.9 Å². The number of halogens is 3. The van der Waals surface area contributed by atoms with Crippen molar-refractivity contribution in [2.45, 2.75) is 5.51 Å². The van der Waals surface area contributed by atoms with Crippen LogP contribution in [0.1, 0.15) is 5.69 Å². The Kier molecular flexibility index (Phi) is 2.81. The van der Waals surface area contributed by atoms with Crippen molar-refractivity contribution in [2.75, 3.05) is 0 Å². The standard InChI is InChI=1S/C5H5F3N4S/c6-5(7,8)13-12-2-1-4(11-12)3-10-9/h1-3H,9H2. The van der Waals surface area contributed by atoms with Gasteiger partial charge in [-0.15, -0.1) is 0 Å². The van der Waals surface area contributed by atoms with Gasteiger partial charge in [0.15, 0.2) is 0 Å². The van der Waals surface area contributed by atoms with E-state index in [1.807, 2.05) is 0 Å². The molecule has 0 spiro atoms. The molecule has 4 nitrogen and oxygen atoms in total. The Morgan fingerprint density at radius 3 is 2.85 bits per heavy atom. The van der Waals surface area contributed by atoms with Crippen LogP contribution < -0.4 is 5.84 Å². The summed E-state index contributed by atoms with van der Waals surface area (Å²) in [6, 6.07) is 1.37. The van der Waals surface area contributed by atoms with Gasteiger partial charge in [-0.2, -0.15) is 23.4 Å². The van der Waals surface area contributed by atoms with Gasteiger partial charge in [-0.25, -0.2) is 4.09 Å². The van der Waals surface area contributed by atoms with Crippen molar-refractivity contribution in [3.05, 3.63) is 18.0 Å². The highest BCUT2D eigenvalue weighted by atomic mass is 32.2. The third kappa shape index (κ3) is 3.36. The fourth-order valence-corrected chi connectivity index (χ4v) is 1.09. The van der Waals surface area contributed by atoms with E-state index in [9.17, 15) is 13.2 Å². The van der Waals surface area contributed by atoms with E-state index in [1.54, 1.807) is 0 Å². The molecule has 0 atom stereocenters. The number of aromatic nitrogens is 2. The topological polar surface area (TPSA) is 56.2 Å². The van der Waals surface area contributed by atoms with Crippen LogP contribution in [-0.2, 0) is 0 Å². The van der Waals surface area contributed by atoms with Gasteiger partial charge in [0, 0.05) is 6.20 Å². The quantitative estimate of drug-likeness (QED) is 0.453. The first kappa shape index (κ1) is 9.90. The van der Waals surface area contributed by atoms with Crippen LogP contribution in [0, 0.1) is 0 Å². The van der Waals surface area contributed by atoms with Gasteiger partial charge >= 0.3 is 5.51 Å². The molecular weight excluding hydrogens is 205 g/mol. The highest BCUT2D eigenvalue weighted by molar-refractivity contribution is 7.98. The maximum absolute atomic E-state index is 11.8. The van der Waals surface area contributed by atoms with Gasteiger partial charge in [-0.05, 0) is 6.07 Å². The van der Waals surface area contributed by atoms with Crippen molar-refractivity contribution in [2.24, 2.45) is 10.9 Å². The molecule has 0 unspecified atom stereocenters. The third-order valence-corrected chi connectivity index (χ3v) is 1.59. The SMILES string of the molecule is NN=Cc1ccn(SC(F)(F)F)n1. The van der Waals surface area contributed by atoms with Gasteiger partial charge in [-0.3, -0.25) is 0 Å². The highest BCUT2D eigenvalue weighted by Crippen LogP contribution is 2.30. The second-order valence-electron chi connectivity index (χ2n) is 1.96. The minimum atomic E-state index is -4.34. The van der Waals surface area contributed by atoms with Crippen LogP contribution in [0.25, 0.3) is 0 Å². The summed E-state index contributed by atoms with van der Waals surface area (Å²) < 4.78 is 36.0. The minimum absolute atomic E-state index is 0.277. The van der Waals surface area contributed by atoms with Crippen LogP contribution in [0.2, 0.25) is 0 Å². The normalized spacial score (nSPS) is 12.5. The van der Waals surface area contributed by atoms with Crippen LogP contribution in [0.15, 0.2) is 17.4 Å². The lowest BCUT2D eigenvalue weighted by Gasteiger charge is -2.02. The first-order valence-corrected chi connectivity index (χ1v) is 3.84. The summed E-state index contributed by atoms with van der Waals surface area (Å²) in [4.78, 5) is 0. The minimum Gasteiger partial charge on any atom is -0.323 e. The number of nitrogens with zero attached hydrogens (tertiary/aromatic N) is 3. The van der Waals surface area contributed by atoms with E-state index in [0.29, 0.717) is 4.09 Å². The van der Waals surface area contributed by atoms with Gasteiger partial charge in [0.1, 0.15) is 5.69 Å². The summed E-state index contributed by atoms with van der Waals surface area (Å²) in [5.74, 6) is 4.79. The second-order valence-corrected chi connectivity index (χ2v) is 2.98. The average Bonchev–Trinajstić information content (AvgIpc) is 2.33. The Hall–Kier alpha value is -1.18. The van der Waals surface area contributed by atoms with E-state index >= 15 is 0 Å². The van der Waals surface area contributed by atoms with Crippen LogP contribution in [0.5, 0.6) is 0 Å². The Bertz CT molecular complexity index is 305. The summed E-state index contributed by atoms with van der Waals surface area (Å²) in [5, 5.41) is 6.64. The maximum atomic E-state index is 11.8. The smallest absolute Gasteiger partial charge is 0.323 e. The van der Waals surface area contributed by atoms with Gasteiger partial charge in [0.05, 0.1) is 18.2 Å². The lowest BCUT2D eigenvalue weighted by molar-refractivity contribution is -0.0336. The summed E-state index contributed by atoms with van der Waals surface area (Å²) in [6.07, 6.45) is 2.34. The number of alkyl halides is 3. The van der Waals surface area contributed by atoms with E-state index in [4.69, 9.17) is 5.84 Å². The summed E-state index contributed by atoms with van der Waals surface area (Å²) in [6.45, 7) is 0. The van der Waals surface area contributed by atoms with Gasteiger partial charge in [-0.1, -0.05) is 0 Å². The van der Waals surface area contributed by atoms with E-state index in [1.165, 1.54) is 12.3 Å². The molecule has 0 radical (unpaired) electrons. The maximum Gasteiger partial charge on any atom is 0.463 e. The van der Waals surface area contributed by atoms with Crippen molar-refractivity contribution >= 4 is 18.2 Å². The molecule has 72 valence electrons. The van der Waals surface area contributed by atoms with Crippen molar-refractivity contribution in [1.29, 1.82) is 0 Å². The molecule has 0 saturated heterocycles. The summed E-state index contributed by atoms with van der Waals surface area (Å²) in [5.41, 5.74) is -4.07. The molecule has 13 heavy (non-hydrogen) atoms. The molecule has 0 aliphatic heterocycles. The second kappa shape index (κ2) is 3.69. The predicted molar refractivity (Wildman–Crippen MR) is 43.1 cm³/mol. The molecule has 2 N–H and O–H groups in total. The Balaban J connectivity index is 2.69. The molecule has 0 bridgehead atoms. The Morgan fingerprint density at radius 2 is 2.31 bits per heavy atom. The number of hydrogen-bond acceptors (Lipinski definition) is 4. The number of rotatable bonds is 2. The summed E-state index contributed by atoms with van der Waals surface area (Å²) >= 11 is -0.349. The fourth-order valence-electron chi connectivity index (χ4n) is 0.623. The zero-order valence-electron chi connectivity index (χ0n) is 6.19. The molecule has 0 aliphatic carbocycles. The lowest BCUT2D eigenvalue weighted by atomic mass is 10.5. The zero-order chi connectivity index (χ0) is 9.90. The fraction of sp³-hybridized carbons (Fsp3) is 0.200. The first-order valence-electron chi connectivity index (χ1n) is 3.06. The van der Waals surface area contributed by atoms with E-state index in [0.717, 1.165) is 6.21 Å². The number of hydrogen-bond donors (Lipinski definition) is 1. The van der Waals surface area contributed by atoms with Gasteiger partial charge < -0.3 is 5.84 Å². The Morgan fingerprint density at radius 1 is 1.62 bits per heavy atom. The summed E-state index contributed by atoms with van der Waals surface area (Å²) in [7, 11) is 0. The van der Waals surface area contributed by atoms with E-state index in [2.05, 4.69) is 10.2 Å². The monoisotopic (exact) mass is 210 g/mol. The molecular formula is C5H5F3N4S. The molecule has 0 aromatic carbocycles. The van der Waals surface area contributed by atoms with Crippen LogP contribution in [0.4, 0.5) is 13.2 Å². The van der Waals surface area contributed by atoms with Crippen molar-refractivity contribution in [3.63, 3.8) is 0 Å². The Labute approximate surface area is 75.7 Å². The number of hydrazone groups is 1. The highest BCUT2D eigenvalue weighted by Gasteiger charge is 2.30. The first-order chi connectivity index (χ1) is 6.01. The average molecular weight is 210 g/mol.